The molecule has 0 aliphatic rings. The maximum atomic E-state index is 12.1. The van der Waals surface area contributed by atoms with Gasteiger partial charge in [0.2, 0.25) is 10.0 Å². The van der Waals surface area contributed by atoms with Gasteiger partial charge in [-0.05, 0) is 24.1 Å². The van der Waals surface area contributed by atoms with Gasteiger partial charge in [0.25, 0.3) is 0 Å². The molecule has 1 aromatic heterocycles. The van der Waals surface area contributed by atoms with Crippen LogP contribution in [-0.2, 0) is 23.1 Å². The Morgan fingerprint density at radius 3 is 2.53 bits per heavy atom. The highest BCUT2D eigenvalue weighted by molar-refractivity contribution is 7.91. The van der Waals surface area contributed by atoms with Gasteiger partial charge in [0.1, 0.15) is 4.21 Å². The predicted octanol–water partition coefficient (Wildman–Crippen LogP) is 1.99. The van der Waals surface area contributed by atoms with Gasteiger partial charge < -0.3 is 5.73 Å². The quantitative estimate of drug-likeness (QED) is 0.886. The maximum Gasteiger partial charge on any atom is 0.250 e. The zero-order valence-electron chi connectivity index (χ0n) is 10.6. The van der Waals surface area contributed by atoms with Crippen molar-refractivity contribution in [2.45, 2.75) is 24.2 Å². The van der Waals surface area contributed by atoms with Crippen LogP contribution >= 0.6 is 11.3 Å². The Morgan fingerprint density at radius 1 is 1.26 bits per heavy atom. The van der Waals surface area contributed by atoms with Gasteiger partial charge in [-0.3, -0.25) is 0 Å². The molecule has 19 heavy (non-hydrogen) atoms. The highest BCUT2D eigenvalue weighted by atomic mass is 32.2. The lowest BCUT2D eigenvalue weighted by Gasteiger charge is -2.04. The zero-order valence-corrected chi connectivity index (χ0v) is 12.2. The highest BCUT2D eigenvalue weighted by Gasteiger charge is 2.18. The van der Waals surface area contributed by atoms with Gasteiger partial charge in [-0.15, -0.1) is 11.3 Å². The SMILES string of the molecule is Cc1cc(S(=O)(=O)NCc2ccccc2)sc1CN. The number of aryl methyl sites for hydroxylation is 1. The molecule has 6 heteroatoms. The van der Waals surface area contributed by atoms with Crippen molar-refractivity contribution in [3.63, 3.8) is 0 Å². The Bertz CT molecular complexity index is 649. The second-order valence-electron chi connectivity index (χ2n) is 4.19. The van der Waals surface area contributed by atoms with E-state index in [1.165, 1.54) is 11.3 Å². The Labute approximate surface area is 117 Å². The van der Waals surface area contributed by atoms with E-state index in [0.29, 0.717) is 10.8 Å². The van der Waals surface area contributed by atoms with E-state index in [1.54, 1.807) is 6.07 Å². The van der Waals surface area contributed by atoms with Gasteiger partial charge in [0.15, 0.2) is 0 Å². The van der Waals surface area contributed by atoms with Crippen LogP contribution < -0.4 is 10.5 Å². The summed E-state index contributed by atoms with van der Waals surface area (Å²) in [5.41, 5.74) is 7.42. The van der Waals surface area contributed by atoms with E-state index < -0.39 is 10.0 Å². The molecule has 0 saturated carbocycles. The summed E-state index contributed by atoms with van der Waals surface area (Å²) >= 11 is 1.23. The monoisotopic (exact) mass is 296 g/mol. The average Bonchev–Trinajstić information content (AvgIpc) is 2.80. The number of sulfonamides is 1. The molecule has 0 aliphatic carbocycles. The minimum atomic E-state index is -3.46. The molecule has 0 amide bonds. The topological polar surface area (TPSA) is 72.2 Å². The van der Waals surface area contributed by atoms with Crippen LogP contribution in [0.5, 0.6) is 0 Å². The van der Waals surface area contributed by atoms with E-state index in [2.05, 4.69) is 4.72 Å². The first kappa shape index (κ1) is 14.2. The van der Waals surface area contributed by atoms with E-state index in [0.717, 1.165) is 16.0 Å². The van der Waals surface area contributed by atoms with Crippen LogP contribution in [0.1, 0.15) is 16.0 Å². The van der Waals surface area contributed by atoms with Crippen LogP contribution in [0.25, 0.3) is 0 Å². The van der Waals surface area contributed by atoms with Crippen molar-refractivity contribution in [1.82, 2.24) is 4.72 Å². The van der Waals surface area contributed by atoms with Crippen molar-refractivity contribution in [1.29, 1.82) is 0 Å². The van der Waals surface area contributed by atoms with E-state index >= 15 is 0 Å². The smallest absolute Gasteiger partial charge is 0.250 e. The summed E-state index contributed by atoms with van der Waals surface area (Å²) in [7, 11) is -3.46. The van der Waals surface area contributed by atoms with Crippen LogP contribution in [0.2, 0.25) is 0 Å². The lowest BCUT2D eigenvalue weighted by atomic mass is 10.2. The molecule has 0 bridgehead atoms. The minimum absolute atomic E-state index is 0.290. The lowest BCUT2D eigenvalue weighted by molar-refractivity contribution is 0.583. The molecular weight excluding hydrogens is 280 g/mol. The van der Waals surface area contributed by atoms with Crippen molar-refractivity contribution in [3.8, 4) is 0 Å². The van der Waals surface area contributed by atoms with Crippen LogP contribution in [0.15, 0.2) is 40.6 Å². The van der Waals surface area contributed by atoms with Gasteiger partial charge >= 0.3 is 0 Å². The standard InChI is InChI=1S/C13H16N2O2S2/c1-10-7-13(18-12(10)8-14)19(16,17)15-9-11-5-3-2-4-6-11/h2-7,15H,8-9,14H2,1H3. The number of hydrogen-bond acceptors (Lipinski definition) is 4. The minimum Gasteiger partial charge on any atom is -0.326 e. The third-order valence-corrected chi connectivity index (χ3v) is 5.89. The first-order valence-electron chi connectivity index (χ1n) is 5.86. The first-order valence-corrected chi connectivity index (χ1v) is 8.16. The van der Waals surface area contributed by atoms with Crippen molar-refractivity contribution in [2.24, 2.45) is 5.73 Å². The molecule has 102 valence electrons. The van der Waals surface area contributed by atoms with Crippen molar-refractivity contribution in [2.75, 3.05) is 0 Å². The molecule has 1 aromatic carbocycles. The van der Waals surface area contributed by atoms with Gasteiger partial charge in [0, 0.05) is 18.0 Å². The summed E-state index contributed by atoms with van der Waals surface area (Å²) in [6.07, 6.45) is 0. The number of rotatable bonds is 5. The largest absolute Gasteiger partial charge is 0.326 e. The Balaban J connectivity index is 2.14. The normalized spacial score (nSPS) is 11.7. The number of thiophene rings is 1. The summed E-state index contributed by atoms with van der Waals surface area (Å²) in [5, 5.41) is 0. The number of nitrogens with two attached hydrogens (primary N) is 1. The van der Waals surface area contributed by atoms with Crippen molar-refractivity contribution in [3.05, 3.63) is 52.4 Å². The fraction of sp³-hybridized carbons (Fsp3) is 0.231. The van der Waals surface area contributed by atoms with E-state index in [-0.39, 0.29) is 6.54 Å². The van der Waals surface area contributed by atoms with E-state index in [4.69, 9.17) is 5.73 Å². The number of hydrogen-bond donors (Lipinski definition) is 2. The molecule has 0 aliphatic heterocycles. The predicted molar refractivity (Wildman–Crippen MR) is 77.4 cm³/mol. The summed E-state index contributed by atoms with van der Waals surface area (Å²) in [5.74, 6) is 0. The fourth-order valence-corrected chi connectivity index (χ4v) is 4.20. The molecule has 4 nitrogen and oxygen atoms in total. The van der Waals surface area contributed by atoms with Crippen LogP contribution in [-0.4, -0.2) is 8.42 Å². The van der Waals surface area contributed by atoms with Gasteiger partial charge in [-0.1, -0.05) is 30.3 Å². The van der Waals surface area contributed by atoms with Gasteiger partial charge in [0.05, 0.1) is 0 Å². The molecule has 2 rings (SSSR count). The molecule has 0 saturated heterocycles. The van der Waals surface area contributed by atoms with Crippen molar-refractivity contribution < 1.29 is 8.42 Å². The van der Waals surface area contributed by atoms with E-state index in [9.17, 15) is 8.42 Å². The molecule has 0 unspecified atom stereocenters. The van der Waals surface area contributed by atoms with Crippen LogP contribution in [0, 0.1) is 6.92 Å². The molecule has 0 atom stereocenters. The molecular formula is C13H16N2O2S2. The van der Waals surface area contributed by atoms with Crippen molar-refractivity contribution >= 4 is 21.4 Å². The molecule has 0 radical (unpaired) electrons. The average molecular weight is 296 g/mol. The molecule has 0 spiro atoms. The summed E-state index contributed by atoms with van der Waals surface area (Å²) < 4.78 is 27.2. The fourth-order valence-electron chi connectivity index (χ4n) is 1.67. The zero-order chi connectivity index (χ0) is 13.9. The van der Waals surface area contributed by atoms with Crippen LogP contribution in [0.3, 0.4) is 0 Å². The Kier molecular flexibility index (Phi) is 4.36. The highest BCUT2D eigenvalue weighted by Crippen LogP contribution is 2.25. The van der Waals surface area contributed by atoms with Gasteiger partial charge in [-0.25, -0.2) is 13.1 Å². The van der Waals surface area contributed by atoms with E-state index in [1.807, 2.05) is 37.3 Å². The second-order valence-corrected chi connectivity index (χ2v) is 7.32. The Morgan fingerprint density at radius 2 is 1.95 bits per heavy atom. The molecule has 0 fully saturated rings. The third-order valence-electron chi connectivity index (χ3n) is 2.76. The molecule has 3 N–H and O–H groups in total. The third kappa shape index (κ3) is 3.42. The summed E-state index contributed by atoms with van der Waals surface area (Å²) in [6, 6.07) is 11.1. The maximum absolute atomic E-state index is 12.1. The Hall–Kier alpha value is -1.21. The first-order chi connectivity index (χ1) is 9.03. The lowest BCUT2D eigenvalue weighted by Crippen LogP contribution is -2.22. The van der Waals surface area contributed by atoms with Gasteiger partial charge in [-0.2, -0.15) is 0 Å². The summed E-state index contributed by atoms with van der Waals surface area (Å²) in [6.45, 7) is 2.53. The molecule has 2 aromatic rings. The summed E-state index contributed by atoms with van der Waals surface area (Å²) in [4.78, 5) is 0.903. The molecule has 1 heterocycles. The second kappa shape index (κ2) is 5.83. The number of nitrogens with one attached hydrogen (secondary N) is 1. The number of benzene rings is 1. The van der Waals surface area contributed by atoms with Crippen LogP contribution in [0.4, 0.5) is 0 Å².